The smallest absolute Gasteiger partial charge is 0.236 e. The highest BCUT2D eigenvalue weighted by Gasteiger charge is 2.23. The van der Waals surface area contributed by atoms with Crippen molar-refractivity contribution in [2.24, 2.45) is 0 Å². The molecule has 0 saturated heterocycles. The van der Waals surface area contributed by atoms with E-state index in [1.807, 2.05) is 61.9 Å². The molecule has 0 aliphatic rings. The van der Waals surface area contributed by atoms with Crippen molar-refractivity contribution in [1.29, 1.82) is 0 Å². The van der Waals surface area contributed by atoms with Crippen LogP contribution in [-0.4, -0.2) is 38.5 Å². The van der Waals surface area contributed by atoms with Crippen LogP contribution in [0.1, 0.15) is 44.4 Å². The molecular formula is C20H25N5O3S2. The summed E-state index contributed by atoms with van der Waals surface area (Å²) >= 11 is 2.74. The lowest BCUT2D eigenvalue weighted by Crippen LogP contribution is -2.16. The number of aromatic nitrogens is 4. The zero-order chi connectivity index (χ0) is 21.7. The Bertz CT molecular complexity index is 1000. The number of hydrogen-bond acceptors (Lipinski definition) is 8. The molecule has 0 fully saturated rings. The Kier molecular flexibility index (Phi) is 7.33. The highest BCUT2D eigenvalue weighted by atomic mass is 32.2. The number of methoxy groups -OCH3 is 1. The van der Waals surface area contributed by atoms with Gasteiger partial charge in [0, 0.05) is 11.4 Å². The van der Waals surface area contributed by atoms with Crippen molar-refractivity contribution in [3.05, 3.63) is 41.2 Å². The molecule has 10 heteroatoms. The lowest BCUT2D eigenvalue weighted by Gasteiger charge is -2.19. The van der Waals surface area contributed by atoms with Gasteiger partial charge in [0.1, 0.15) is 0 Å². The zero-order valence-corrected chi connectivity index (χ0v) is 19.2. The third-order valence-corrected chi connectivity index (χ3v) is 5.96. The first kappa shape index (κ1) is 22.1. The Labute approximate surface area is 184 Å². The number of aryl methyl sites for hydroxylation is 1. The van der Waals surface area contributed by atoms with Crippen LogP contribution in [0.2, 0.25) is 0 Å². The molecule has 0 spiro atoms. The second-order valence-corrected chi connectivity index (χ2v) is 8.65. The van der Waals surface area contributed by atoms with Gasteiger partial charge in [0.2, 0.25) is 5.91 Å². The van der Waals surface area contributed by atoms with E-state index in [4.69, 9.17) is 9.47 Å². The number of para-hydroxylation sites is 2. The quantitative estimate of drug-likeness (QED) is 0.483. The molecule has 0 saturated carbocycles. The fourth-order valence-corrected chi connectivity index (χ4v) is 4.38. The second-order valence-electron chi connectivity index (χ2n) is 6.85. The summed E-state index contributed by atoms with van der Waals surface area (Å²) in [5.41, 5.74) is 0.885. The topological polar surface area (TPSA) is 91.2 Å². The zero-order valence-electron chi connectivity index (χ0n) is 17.6. The van der Waals surface area contributed by atoms with E-state index in [0.717, 1.165) is 5.69 Å². The molecule has 3 rings (SSSR count). The Hall–Kier alpha value is -2.59. The van der Waals surface area contributed by atoms with Crippen molar-refractivity contribution in [1.82, 2.24) is 19.7 Å². The van der Waals surface area contributed by atoms with E-state index in [0.29, 0.717) is 27.6 Å². The number of ether oxygens (including phenoxy) is 2. The van der Waals surface area contributed by atoms with E-state index in [1.54, 1.807) is 7.11 Å². The molecular weight excluding hydrogens is 422 g/mol. The average molecular weight is 448 g/mol. The minimum atomic E-state index is -0.349. The number of nitrogens with zero attached hydrogens (tertiary/aromatic N) is 4. The molecule has 2 heterocycles. The molecule has 0 aliphatic heterocycles. The van der Waals surface area contributed by atoms with Crippen LogP contribution in [-0.2, 0) is 4.79 Å². The third kappa shape index (κ3) is 5.31. The summed E-state index contributed by atoms with van der Waals surface area (Å²) in [6, 6.07) is 7.58. The van der Waals surface area contributed by atoms with Gasteiger partial charge in [0.25, 0.3) is 0 Å². The average Bonchev–Trinajstić information content (AvgIpc) is 3.32. The fraction of sp³-hybridized carbons (Fsp3) is 0.400. The molecule has 0 bridgehead atoms. The summed E-state index contributed by atoms with van der Waals surface area (Å²) in [5.74, 6) is 2.06. The van der Waals surface area contributed by atoms with Gasteiger partial charge in [-0.15, -0.1) is 21.5 Å². The number of carbonyl (C=O) groups excluding carboxylic acids is 1. The van der Waals surface area contributed by atoms with Crippen molar-refractivity contribution in [3.63, 3.8) is 0 Å². The van der Waals surface area contributed by atoms with Crippen LogP contribution < -0.4 is 14.8 Å². The number of nitrogens with one attached hydrogen (secondary N) is 1. The van der Waals surface area contributed by atoms with Gasteiger partial charge in [-0.25, -0.2) is 4.98 Å². The van der Waals surface area contributed by atoms with E-state index in [2.05, 4.69) is 20.5 Å². The van der Waals surface area contributed by atoms with Gasteiger partial charge in [0.05, 0.1) is 18.6 Å². The molecule has 160 valence electrons. The second kappa shape index (κ2) is 9.94. The van der Waals surface area contributed by atoms with Gasteiger partial charge in [-0.05, 0) is 39.8 Å². The van der Waals surface area contributed by atoms with Gasteiger partial charge < -0.3 is 19.4 Å². The van der Waals surface area contributed by atoms with Gasteiger partial charge in [-0.2, -0.15) is 0 Å². The molecule has 8 nitrogen and oxygen atoms in total. The van der Waals surface area contributed by atoms with E-state index in [9.17, 15) is 4.79 Å². The van der Waals surface area contributed by atoms with Crippen LogP contribution >= 0.6 is 23.1 Å². The number of benzene rings is 1. The van der Waals surface area contributed by atoms with Crippen LogP contribution in [0, 0.1) is 6.92 Å². The molecule has 0 radical (unpaired) electrons. The summed E-state index contributed by atoms with van der Waals surface area (Å²) in [4.78, 5) is 16.5. The molecule has 2 aromatic heterocycles. The van der Waals surface area contributed by atoms with Gasteiger partial charge in [-0.1, -0.05) is 23.9 Å². The molecule has 1 amide bonds. The highest BCUT2D eigenvalue weighted by Crippen LogP contribution is 2.32. The van der Waals surface area contributed by atoms with Crippen LogP contribution in [0.5, 0.6) is 11.5 Å². The largest absolute Gasteiger partial charge is 0.493 e. The SMILES string of the molecule is COc1ccccc1OC(C)c1nnc(SCC(=O)Nc2nc(C)cs2)n1C(C)C. The summed E-state index contributed by atoms with van der Waals surface area (Å²) < 4.78 is 13.4. The van der Waals surface area contributed by atoms with Crippen molar-refractivity contribution in [2.45, 2.75) is 45.0 Å². The number of rotatable bonds is 9. The maximum Gasteiger partial charge on any atom is 0.236 e. The van der Waals surface area contributed by atoms with Crippen molar-refractivity contribution in [2.75, 3.05) is 18.2 Å². The van der Waals surface area contributed by atoms with Crippen LogP contribution in [0.25, 0.3) is 0 Å². The number of amides is 1. The lowest BCUT2D eigenvalue weighted by molar-refractivity contribution is -0.113. The monoisotopic (exact) mass is 447 g/mol. The predicted octanol–water partition coefficient (Wildman–Crippen LogP) is 4.50. The predicted molar refractivity (Wildman–Crippen MR) is 119 cm³/mol. The molecule has 3 aromatic rings. The van der Waals surface area contributed by atoms with Crippen molar-refractivity contribution < 1.29 is 14.3 Å². The normalized spacial score (nSPS) is 12.1. The summed E-state index contributed by atoms with van der Waals surface area (Å²) in [6.45, 7) is 7.90. The van der Waals surface area contributed by atoms with Gasteiger partial charge in [-0.3, -0.25) is 4.79 Å². The molecule has 30 heavy (non-hydrogen) atoms. The standard InChI is InChI=1S/C20H25N5O3S2/c1-12(2)25-18(14(4)28-16-9-7-6-8-15(16)27-5)23-24-20(25)30-11-17(26)22-19-21-13(3)10-29-19/h6-10,12,14H,11H2,1-5H3,(H,21,22,26). The van der Waals surface area contributed by atoms with Crippen molar-refractivity contribution >= 4 is 34.1 Å². The third-order valence-electron chi connectivity index (χ3n) is 4.14. The number of anilines is 1. The Morgan fingerprint density at radius 3 is 2.60 bits per heavy atom. The van der Waals surface area contributed by atoms with E-state index in [-0.39, 0.29) is 23.8 Å². The lowest BCUT2D eigenvalue weighted by atomic mass is 10.3. The Balaban J connectivity index is 1.70. The fourth-order valence-electron chi connectivity index (χ4n) is 2.81. The van der Waals surface area contributed by atoms with Crippen LogP contribution in [0.15, 0.2) is 34.8 Å². The number of thioether (sulfide) groups is 1. The summed E-state index contributed by atoms with van der Waals surface area (Å²) in [6.07, 6.45) is -0.349. The maximum absolute atomic E-state index is 12.3. The van der Waals surface area contributed by atoms with E-state index < -0.39 is 0 Å². The van der Waals surface area contributed by atoms with Crippen molar-refractivity contribution in [3.8, 4) is 11.5 Å². The molecule has 1 unspecified atom stereocenters. The Morgan fingerprint density at radius 1 is 1.23 bits per heavy atom. The maximum atomic E-state index is 12.3. The molecule has 1 N–H and O–H groups in total. The van der Waals surface area contributed by atoms with Gasteiger partial charge >= 0.3 is 0 Å². The molecule has 1 atom stereocenters. The minimum Gasteiger partial charge on any atom is -0.493 e. The highest BCUT2D eigenvalue weighted by molar-refractivity contribution is 7.99. The molecule has 0 aliphatic carbocycles. The minimum absolute atomic E-state index is 0.103. The number of carbonyl (C=O) groups is 1. The Morgan fingerprint density at radius 2 is 1.97 bits per heavy atom. The molecule has 1 aromatic carbocycles. The summed E-state index contributed by atoms with van der Waals surface area (Å²) in [5, 5.41) is 14.6. The first-order valence-corrected chi connectivity index (χ1v) is 11.3. The van der Waals surface area contributed by atoms with Crippen LogP contribution in [0.3, 0.4) is 0 Å². The number of thiazole rings is 1. The summed E-state index contributed by atoms with van der Waals surface area (Å²) in [7, 11) is 1.61. The number of hydrogen-bond donors (Lipinski definition) is 1. The van der Waals surface area contributed by atoms with Gasteiger partial charge in [0.15, 0.2) is 33.7 Å². The van der Waals surface area contributed by atoms with Crippen LogP contribution in [0.4, 0.5) is 5.13 Å². The van der Waals surface area contributed by atoms with E-state index >= 15 is 0 Å². The first-order valence-electron chi connectivity index (χ1n) is 9.48. The first-order chi connectivity index (χ1) is 14.4. The van der Waals surface area contributed by atoms with E-state index in [1.165, 1.54) is 23.1 Å².